The van der Waals surface area contributed by atoms with E-state index in [9.17, 15) is 9.90 Å². The highest BCUT2D eigenvalue weighted by molar-refractivity contribution is 5.98. The van der Waals surface area contributed by atoms with Crippen LogP contribution < -0.4 is 0 Å². The number of hydrogen-bond acceptors (Lipinski definition) is 2. The lowest BCUT2D eigenvalue weighted by Crippen LogP contribution is -2.36. The number of aliphatic hydroxyl groups is 1. The van der Waals surface area contributed by atoms with Crippen LogP contribution in [-0.4, -0.2) is 33.5 Å². The number of amides is 1. The molecule has 0 radical (unpaired) electrons. The van der Waals surface area contributed by atoms with Crippen molar-refractivity contribution < 1.29 is 9.90 Å². The predicted octanol–water partition coefficient (Wildman–Crippen LogP) is 3.90. The summed E-state index contributed by atoms with van der Waals surface area (Å²) in [5.74, 6) is 0.0610. The summed E-state index contributed by atoms with van der Waals surface area (Å²) >= 11 is 0. The third-order valence-corrected chi connectivity index (χ3v) is 5.12. The smallest absolute Gasteiger partial charge is 0.254 e. The van der Waals surface area contributed by atoms with E-state index in [1.165, 1.54) is 0 Å². The van der Waals surface area contributed by atoms with Gasteiger partial charge in [0, 0.05) is 35.2 Å². The molecule has 2 heterocycles. The minimum Gasteiger partial charge on any atom is -0.388 e. The topological polar surface area (TPSA) is 56.3 Å². The molecular weight excluding hydrogens is 312 g/mol. The Morgan fingerprint density at radius 3 is 2.88 bits per heavy atom. The Bertz CT molecular complexity index is 872. The van der Waals surface area contributed by atoms with Crippen molar-refractivity contribution >= 4 is 16.8 Å². The SMILES string of the molecule is O=C(c1ccc2[nH]ccc2c1)N1CCCC1CC(O)c1ccccc1. The molecule has 1 aliphatic heterocycles. The summed E-state index contributed by atoms with van der Waals surface area (Å²) in [6.07, 6.45) is 3.87. The predicted molar refractivity (Wildman–Crippen MR) is 98.4 cm³/mol. The maximum atomic E-state index is 13.0. The fourth-order valence-corrected chi connectivity index (χ4v) is 3.77. The molecule has 1 aromatic heterocycles. The van der Waals surface area contributed by atoms with Crippen molar-refractivity contribution in [2.24, 2.45) is 0 Å². The van der Waals surface area contributed by atoms with E-state index in [2.05, 4.69) is 4.98 Å². The van der Waals surface area contributed by atoms with Gasteiger partial charge in [-0.15, -0.1) is 0 Å². The number of aliphatic hydroxyl groups excluding tert-OH is 1. The van der Waals surface area contributed by atoms with Crippen LogP contribution in [0.2, 0.25) is 0 Å². The third-order valence-electron chi connectivity index (χ3n) is 5.12. The summed E-state index contributed by atoms with van der Waals surface area (Å²) in [7, 11) is 0. The van der Waals surface area contributed by atoms with Gasteiger partial charge in [-0.05, 0) is 49.1 Å². The number of likely N-dealkylation sites (tertiary alicyclic amines) is 1. The number of carbonyl (C=O) groups excluding carboxylic acids is 1. The van der Waals surface area contributed by atoms with Gasteiger partial charge in [-0.3, -0.25) is 4.79 Å². The number of rotatable bonds is 4. The number of aromatic nitrogens is 1. The monoisotopic (exact) mass is 334 g/mol. The molecule has 1 saturated heterocycles. The maximum absolute atomic E-state index is 13.0. The van der Waals surface area contributed by atoms with Gasteiger partial charge in [0.05, 0.1) is 6.10 Å². The molecule has 2 N–H and O–H groups in total. The Morgan fingerprint density at radius 1 is 1.20 bits per heavy atom. The lowest BCUT2D eigenvalue weighted by Gasteiger charge is -2.27. The first-order valence-electron chi connectivity index (χ1n) is 8.83. The molecule has 2 aromatic carbocycles. The van der Waals surface area contributed by atoms with Crippen LogP contribution in [0.3, 0.4) is 0 Å². The molecule has 3 aromatic rings. The summed E-state index contributed by atoms with van der Waals surface area (Å²) in [6, 6.07) is 17.5. The zero-order valence-corrected chi connectivity index (χ0v) is 14.1. The van der Waals surface area contributed by atoms with Gasteiger partial charge < -0.3 is 15.0 Å². The molecule has 4 nitrogen and oxygen atoms in total. The number of H-pyrrole nitrogens is 1. The highest BCUT2D eigenvalue weighted by Gasteiger charge is 2.31. The van der Waals surface area contributed by atoms with Gasteiger partial charge in [-0.1, -0.05) is 30.3 Å². The van der Waals surface area contributed by atoms with Crippen molar-refractivity contribution in [2.45, 2.75) is 31.4 Å². The Balaban J connectivity index is 1.51. The molecule has 0 saturated carbocycles. The van der Waals surface area contributed by atoms with Crippen LogP contribution in [-0.2, 0) is 0 Å². The van der Waals surface area contributed by atoms with E-state index in [1.807, 2.05) is 65.7 Å². The van der Waals surface area contributed by atoms with E-state index in [1.54, 1.807) is 0 Å². The van der Waals surface area contributed by atoms with E-state index in [-0.39, 0.29) is 11.9 Å². The molecule has 1 aliphatic rings. The molecule has 1 amide bonds. The highest BCUT2D eigenvalue weighted by Crippen LogP contribution is 2.29. The molecule has 0 aliphatic carbocycles. The highest BCUT2D eigenvalue weighted by atomic mass is 16.3. The van der Waals surface area contributed by atoms with Gasteiger partial charge in [-0.25, -0.2) is 0 Å². The first-order valence-corrected chi connectivity index (χ1v) is 8.83. The molecule has 4 heteroatoms. The zero-order chi connectivity index (χ0) is 17.2. The number of nitrogens with one attached hydrogen (secondary N) is 1. The lowest BCUT2D eigenvalue weighted by atomic mass is 10.00. The summed E-state index contributed by atoms with van der Waals surface area (Å²) in [5, 5.41) is 11.6. The van der Waals surface area contributed by atoms with E-state index in [0.717, 1.165) is 35.9 Å². The Morgan fingerprint density at radius 2 is 2.04 bits per heavy atom. The molecule has 2 atom stereocenters. The first kappa shape index (κ1) is 15.9. The standard InChI is InChI=1S/C21H22N2O2/c24-20(15-5-2-1-3-6-15)14-18-7-4-12-23(18)21(25)17-8-9-19-16(13-17)10-11-22-19/h1-3,5-6,8-11,13,18,20,22,24H,4,7,12,14H2. The van der Waals surface area contributed by atoms with Crippen molar-refractivity contribution in [1.82, 2.24) is 9.88 Å². The number of benzene rings is 2. The molecular formula is C21H22N2O2. The van der Waals surface area contributed by atoms with Gasteiger partial charge in [0.1, 0.15) is 0 Å². The molecule has 2 unspecified atom stereocenters. The normalized spacial score (nSPS) is 18.6. The average Bonchev–Trinajstić information content (AvgIpc) is 3.30. The number of fused-ring (bicyclic) bond motifs is 1. The van der Waals surface area contributed by atoms with Crippen LogP contribution in [0.5, 0.6) is 0 Å². The fraction of sp³-hybridized carbons (Fsp3) is 0.286. The van der Waals surface area contributed by atoms with Crippen LogP contribution in [0.4, 0.5) is 0 Å². The second-order valence-corrected chi connectivity index (χ2v) is 6.74. The molecule has 25 heavy (non-hydrogen) atoms. The number of carbonyl (C=O) groups is 1. The summed E-state index contributed by atoms with van der Waals surface area (Å²) in [4.78, 5) is 18.1. The first-order chi connectivity index (χ1) is 12.2. The zero-order valence-electron chi connectivity index (χ0n) is 14.1. The van der Waals surface area contributed by atoms with Crippen molar-refractivity contribution in [3.05, 3.63) is 71.9 Å². The molecule has 128 valence electrons. The summed E-state index contributed by atoms with van der Waals surface area (Å²) in [5.41, 5.74) is 2.66. The molecule has 0 bridgehead atoms. The number of hydrogen-bond donors (Lipinski definition) is 2. The van der Waals surface area contributed by atoms with Crippen LogP contribution in [0.1, 0.15) is 41.3 Å². The largest absolute Gasteiger partial charge is 0.388 e. The number of nitrogens with zero attached hydrogens (tertiary/aromatic N) is 1. The minimum absolute atomic E-state index is 0.0610. The maximum Gasteiger partial charge on any atom is 0.254 e. The van der Waals surface area contributed by atoms with Gasteiger partial charge in [0.15, 0.2) is 0 Å². The van der Waals surface area contributed by atoms with E-state index >= 15 is 0 Å². The minimum atomic E-state index is -0.535. The van der Waals surface area contributed by atoms with Crippen molar-refractivity contribution in [1.29, 1.82) is 0 Å². The quantitative estimate of drug-likeness (QED) is 0.760. The van der Waals surface area contributed by atoms with Crippen LogP contribution in [0, 0.1) is 0 Å². The third kappa shape index (κ3) is 3.17. The summed E-state index contributed by atoms with van der Waals surface area (Å²) in [6.45, 7) is 0.760. The Kier molecular flexibility index (Phi) is 4.28. The van der Waals surface area contributed by atoms with Crippen molar-refractivity contribution in [3.8, 4) is 0 Å². The van der Waals surface area contributed by atoms with Gasteiger partial charge in [0.25, 0.3) is 5.91 Å². The Labute approximate surface area is 147 Å². The van der Waals surface area contributed by atoms with Crippen LogP contribution >= 0.6 is 0 Å². The Hall–Kier alpha value is -2.59. The second-order valence-electron chi connectivity index (χ2n) is 6.74. The summed E-state index contributed by atoms with van der Waals surface area (Å²) < 4.78 is 0. The van der Waals surface area contributed by atoms with E-state index in [4.69, 9.17) is 0 Å². The van der Waals surface area contributed by atoms with Gasteiger partial charge in [-0.2, -0.15) is 0 Å². The van der Waals surface area contributed by atoms with Gasteiger partial charge >= 0.3 is 0 Å². The lowest BCUT2D eigenvalue weighted by molar-refractivity contribution is 0.0667. The van der Waals surface area contributed by atoms with Crippen molar-refractivity contribution in [2.75, 3.05) is 6.54 Å². The van der Waals surface area contributed by atoms with Crippen molar-refractivity contribution in [3.63, 3.8) is 0 Å². The second kappa shape index (κ2) is 6.73. The van der Waals surface area contributed by atoms with E-state index < -0.39 is 6.10 Å². The average molecular weight is 334 g/mol. The van der Waals surface area contributed by atoms with Crippen LogP contribution in [0.25, 0.3) is 10.9 Å². The molecule has 4 rings (SSSR count). The van der Waals surface area contributed by atoms with Crippen LogP contribution in [0.15, 0.2) is 60.8 Å². The van der Waals surface area contributed by atoms with Gasteiger partial charge in [0.2, 0.25) is 0 Å². The number of aromatic amines is 1. The van der Waals surface area contributed by atoms with E-state index in [0.29, 0.717) is 12.0 Å². The molecule has 1 fully saturated rings. The fourth-order valence-electron chi connectivity index (χ4n) is 3.77. The molecule has 0 spiro atoms.